The average Bonchev–Trinajstić information content (AvgIpc) is 2.48. The normalized spacial score (nSPS) is 17.0. The second-order valence-electron chi connectivity index (χ2n) is 3.38. The molecule has 0 radical (unpaired) electrons. The Hall–Kier alpha value is -1.20. The minimum Gasteiger partial charge on any atom is -0.360 e. The molecule has 6 heteroatoms. The van der Waals surface area contributed by atoms with Crippen LogP contribution >= 0.6 is 0 Å². The molecule has 1 aliphatic rings. The van der Waals surface area contributed by atoms with Crippen LogP contribution in [0.5, 0.6) is 0 Å². The summed E-state index contributed by atoms with van der Waals surface area (Å²) in [6, 6.07) is 1.10. The third kappa shape index (κ3) is 1.44. The number of rotatable bonds is 0. The first-order chi connectivity index (χ1) is 6.48. The molecule has 1 aromatic heterocycles. The van der Waals surface area contributed by atoms with Gasteiger partial charge in [-0.15, -0.1) is 0 Å². The zero-order valence-electron chi connectivity index (χ0n) is 7.67. The Bertz CT molecular complexity index is 342. The molecule has 78 valence electrons. The molecule has 0 fully saturated rings. The summed E-state index contributed by atoms with van der Waals surface area (Å²) in [7, 11) is 1.77. The summed E-state index contributed by atoms with van der Waals surface area (Å²) >= 11 is 0. The molecule has 0 aliphatic carbocycles. The van der Waals surface area contributed by atoms with E-state index in [2.05, 4.69) is 5.10 Å². The van der Waals surface area contributed by atoms with Crippen LogP contribution in [-0.4, -0.2) is 23.4 Å². The van der Waals surface area contributed by atoms with Crippen molar-refractivity contribution in [3.63, 3.8) is 0 Å². The van der Waals surface area contributed by atoms with Gasteiger partial charge in [0, 0.05) is 26.2 Å². The van der Waals surface area contributed by atoms with Crippen molar-refractivity contribution in [2.24, 2.45) is 0 Å². The van der Waals surface area contributed by atoms with Gasteiger partial charge in [-0.3, -0.25) is 0 Å². The molecule has 0 spiro atoms. The van der Waals surface area contributed by atoms with Gasteiger partial charge in [-0.2, -0.15) is 18.3 Å². The number of fused-ring (bicyclic) bond motifs is 1. The van der Waals surface area contributed by atoms with Gasteiger partial charge in [0.15, 0.2) is 5.69 Å². The molecular formula is C8H10F3N3. The lowest BCUT2D eigenvalue weighted by Crippen LogP contribution is -2.28. The Morgan fingerprint density at radius 2 is 2.07 bits per heavy atom. The van der Waals surface area contributed by atoms with Crippen molar-refractivity contribution in [2.45, 2.75) is 19.1 Å². The van der Waals surface area contributed by atoms with Gasteiger partial charge in [0.2, 0.25) is 0 Å². The molecule has 0 saturated carbocycles. The largest absolute Gasteiger partial charge is 0.435 e. The highest BCUT2D eigenvalue weighted by Crippen LogP contribution is 2.31. The molecule has 0 unspecified atom stereocenters. The molecule has 0 saturated heterocycles. The highest BCUT2D eigenvalue weighted by molar-refractivity contribution is 5.41. The zero-order valence-corrected chi connectivity index (χ0v) is 7.67. The van der Waals surface area contributed by atoms with Crippen molar-refractivity contribution >= 4 is 5.82 Å². The van der Waals surface area contributed by atoms with Crippen molar-refractivity contribution in [1.29, 1.82) is 0 Å². The van der Waals surface area contributed by atoms with Crippen molar-refractivity contribution in [3.8, 4) is 0 Å². The van der Waals surface area contributed by atoms with E-state index in [4.69, 9.17) is 0 Å². The van der Waals surface area contributed by atoms with Crippen molar-refractivity contribution < 1.29 is 13.2 Å². The summed E-state index contributed by atoms with van der Waals surface area (Å²) in [5, 5.41) is 3.52. The smallest absolute Gasteiger partial charge is 0.360 e. The standard InChI is InChI=1S/C8H10F3N3/c1-13-3-2-4-14-7(13)5-6(12-14)8(9,10)11/h5H,2-4H2,1H3. The third-order valence-electron chi connectivity index (χ3n) is 2.30. The van der Waals surface area contributed by atoms with E-state index in [1.807, 2.05) is 0 Å². The Morgan fingerprint density at radius 3 is 2.64 bits per heavy atom. The van der Waals surface area contributed by atoms with E-state index < -0.39 is 11.9 Å². The molecule has 3 nitrogen and oxygen atoms in total. The fourth-order valence-corrected chi connectivity index (χ4v) is 1.59. The molecule has 1 aliphatic heterocycles. The number of alkyl halides is 3. The minimum absolute atomic E-state index is 0.545. The number of halogens is 3. The van der Waals surface area contributed by atoms with E-state index in [-0.39, 0.29) is 0 Å². The number of aryl methyl sites for hydroxylation is 1. The molecule has 0 bridgehead atoms. The first-order valence-electron chi connectivity index (χ1n) is 4.34. The quantitative estimate of drug-likeness (QED) is 0.643. The van der Waals surface area contributed by atoms with Crippen molar-refractivity contribution in [2.75, 3.05) is 18.5 Å². The lowest BCUT2D eigenvalue weighted by molar-refractivity contribution is -0.141. The second-order valence-corrected chi connectivity index (χ2v) is 3.38. The minimum atomic E-state index is -4.34. The SMILES string of the molecule is CN1CCCn2nc(C(F)(F)F)cc21. The highest BCUT2D eigenvalue weighted by atomic mass is 19.4. The lowest BCUT2D eigenvalue weighted by atomic mass is 10.3. The van der Waals surface area contributed by atoms with Crippen LogP contribution in [0.15, 0.2) is 6.07 Å². The lowest BCUT2D eigenvalue weighted by Gasteiger charge is -2.24. The first kappa shape index (κ1) is 9.36. The van der Waals surface area contributed by atoms with E-state index in [0.29, 0.717) is 12.4 Å². The number of aromatic nitrogens is 2. The summed E-state index contributed by atoms with van der Waals surface area (Å²) in [5.41, 5.74) is -0.804. The number of hydrogen-bond acceptors (Lipinski definition) is 2. The van der Waals surface area contributed by atoms with Crippen molar-refractivity contribution in [1.82, 2.24) is 9.78 Å². The predicted octanol–water partition coefficient (Wildman–Crippen LogP) is 1.74. The molecule has 2 rings (SSSR count). The molecule has 1 aromatic rings. The summed E-state index contributed by atoms with van der Waals surface area (Å²) in [6.45, 7) is 1.35. The number of anilines is 1. The number of nitrogens with zero attached hydrogens (tertiary/aromatic N) is 3. The Balaban J connectivity index is 2.40. The second kappa shape index (κ2) is 2.90. The van der Waals surface area contributed by atoms with Gasteiger partial charge in [0.25, 0.3) is 0 Å². The number of hydrogen-bond donors (Lipinski definition) is 0. The van der Waals surface area contributed by atoms with Gasteiger partial charge >= 0.3 is 6.18 Å². The van der Waals surface area contributed by atoms with E-state index in [9.17, 15) is 13.2 Å². The van der Waals surface area contributed by atoms with Crippen LogP contribution in [0.1, 0.15) is 12.1 Å². The molecule has 0 amide bonds. The maximum atomic E-state index is 12.3. The van der Waals surface area contributed by atoms with Crippen LogP contribution in [0.25, 0.3) is 0 Å². The summed E-state index contributed by atoms with van der Waals surface area (Å²) in [6.07, 6.45) is -3.51. The molecule has 14 heavy (non-hydrogen) atoms. The van der Waals surface area contributed by atoms with Gasteiger partial charge in [0.1, 0.15) is 5.82 Å². The monoisotopic (exact) mass is 205 g/mol. The fraction of sp³-hybridized carbons (Fsp3) is 0.625. The average molecular weight is 205 g/mol. The maximum Gasteiger partial charge on any atom is 0.435 e. The fourth-order valence-electron chi connectivity index (χ4n) is 1.59. The Labute approximate surface area is 79.1 Å². The van der Waals surface area contributed by atoms with Crippen LogP contribution in [0, 0.1) is 0 Å². The van der Waals surface area contributed by atoms with Gasteiger partial charge in [-0.25, -0.2) is 4.68 Å². The van der Waals surface area contributed by atoms with E-state index in [0.717, 1.165) is 19.0 Å². The van der Waals surface area contributed by atoms with Gasteiger partial charge in [-0.1, -0.05) is 0 Å². The maximum absolute atomic E-state index is 12.3. The molecule has 2 heterocycles. The van der Waals surface area contributed by atoms with Crippen LogP contribution in [0.3, 0.4) is 0 Å². The molecule has 0 N–H and O–H groups in total. The third-order valence-corrected chi connectivity index (χ3v) is 2.30. The molecule has 0 atom stereocenters. The van der Waals surface area contributed by atoms with Crippen molar-refractivity contribution in [3.05, 3.63) is 11.8 Å². The van der Waals surface area contributed by atoms with Gasteiger partial charge in [0.05, 0.1) is 0 Å². The summed E-state index contributed by atoms with van der Waals surface area (Å²) in [5.74, 6) is 0.545. The predicted molar refractivity (Wildman–Crippen MR) is 45.1 cm³/mol. The van der Waals surface area contributed by atoms with Gasteiger partial charge in [-0.05, 0) is 6.42 Å². The van der Waals surface area contributed by atoms with Crippen LogP contribution < -0.4 is 4.90 Å². The Kier molecular flexibility index (Phi) is 1.94. The van der Waals surface area contributed by atoms with Crippen LogP contribution in [-0.2, 0) is 12.7 Å². The van der Waals surface area contributed by atoms with Crippen LogP contribution in [0.4, 0.5) is 19.0 Å². The summed E-state index contributed by atoms with van der Waals surface area (Å²) in [4.78, 5) is 1.78. The highest BCUT2D eigenvalue weighted by Gasteiger charge is 2.35. The van der Waals surface area contributed by atoms with E-state index >= 15 is 0 Å². The summed E-state index contributed by atoms with van der Waals surface area (Å²) < 4.78 is 38.3. The van der Waals surface area contributed by atoms with E-state index in [1.54, 1.807) is 11.9 Å². The zero-order chi connectivity index (χ0) is 10.3. The first-order valence-corrected chi connectivity index (χ1v) is 4.34. The van der Waals surface area contributed by atoms with Gasteiger partial charge < -0.3 is 4.90 Å². The Morgan fingerprint density at radius 1 is 1.36 bits per heavy atom. The van der Waals surface area contributed by atoms with E-state index in [1.165, 1.54) is 4.68 Å². The topological polar surface area (TPSA) is 21.1 Å². The molecule has 0 aromatic carbocycles. The molecular weight excluding hydrogens is 195 g/mol. The van der Waals surface area contributed by atoms with Crippen LogP contribution in [0.2, 0.25) is 0 Å².